The highest BCUT2D eigenvalue weighted by Gasteiger charge is 2.20. The Morgan fingerprint density at radius 1 is 1.10 bits per heavy atom. The van der Waals surface area contributed by atoms with E-state index in [1.54, 1.807) is 7.11 Å². The van der Waals surface area contributed by atoms with Crippen LogP contribution in [-0.4, -0.2) is 18.6 Å². The maximum Gasteiger partial charge on any atom is 0.214 e. The summed E-state index contributed by atoms with van der Waals surface area (Å²) in [6.07, 6.45) is 0. The topological polar surface area (TPSA) is 52.4 Å². The molecule has 0 radical (unpaired) electrons. The van der Waals surface area contributed by atoms with Crippen molar-refractivity contribution < 1.29 is 9.66 Å². The highest BCUT2D eigenvalue weighted by atomic mass is 79.9. The van der Waals surface area contributed by atoms with Gasteiger partial charge in [-0.1, -0.05) is 40.2 Å². The van der Waals surface area contributed by atoms with Gasteiger partial charge < -0.3 is 4.74 Å². The number of rotatable bonds is 5. The molecule has 4 nitrogen and oxygen atoms in total. The third-order valence-corrected chi connectivity index (χ3v) is 3.65. The van der Waals surface area contributed by atoms with Gasteiger partial charge in [0.05, 0.1) is 13.0 Å². The van der Waals surface area contributed by atoms with Crippen LogP contribution in [0.15, 0.2) is 53.0 Å². The number of hydrogen-bond acceptors (Lipinski definition) is 3. The van der Waals surface area contributed by atoms with Crippen LogP contribution in [0, 0.1) is 10.1 Å². The molecular weight excluding hydrogens is 322 g/mol. The van der Waals surface area contributed by atoms with Crippen LogP contribution in [0.5, 0.6) is 5.75 Å². The fourth-order valence-electron chi connectivity index (χ4n) is 2.08. The van der Waals surface area contributed by atoms with Gasteiger partial charge in [-0.3, -0.25) is 10.1 Å². The minimum atomic E-state index is -0.281. The Balaban J connectivity index is 2.35. The van der Waals surface area contributed by atoms with E-state index in [-0.39, 0.29) is 17.4 Å². The number of nitro groups is 1. The fourth-order valence-corrected chi connectivity index (χ4v) is 2.35. The quantitative estimate of drug-likeness (QED) is 0.615. The molecule has 104 valence electrons. The van der Waals surface area contributed by atoms with Crippen molar-refractivity contribution in [1.82, 2.24) is 0 Å². The average Bonchev–Trinajstić information content (AvgIpc) is 2.46. The maximum atomic E-state index is 10.9. The van der Waals surface area contributed by atoms with E-state index in [0.717, 1.165) is 21.3 Å². The predicted octanol–water partition coefficient (Wildman–Crippen LogP) is 3.87. The van der Waals surface area contributed by atoms with Crippen LogP contribution in [0.4, 0.5) is 0 Å². The van der Waals surface area contributed by atoms with E-state index in [2.05, 4.69) is 15.9 Å². The molecule has 5 heteroatoms. The van der Waals surface area contributed by atoms with E-state index in [4.69, 9.17) is 4.74 Å². The molecule has 2 aromatic rings. The number of halogens is 1. The summed E-state index contributed by atoms with van der Waals surface area (Å²) >= 11 is 3.37. The van der Waals surface area contributed by atoms with Crippen LogP contribution < -0.4 is 4.74 Å². The van der Waals surface area contributed by atoms with Gasteiger partial charge in [-0.2, -0.15) is 0 Å². The van der Waals surface area contributed by atoms with Crippen molar-refractivity contribution in [2.45, 2.75) is 5.92 Å². The molecule has 0 unspecified atom stereocenters. The second-order valence-electron chi connectivity index (χ2n) is 4.39. The highest BCUT2D eigenvalue weighted by Crippen LogP contribution is 2.27. The first kappa shape index (κ1) is 14.5. The Labute approximate surface area is 125 Å². The number of hydrogen-bond donors (Lipinski definition) is 0. The molecule has 0 heterocycles. The molecule has 0 spiro atoms. The standard InChI is InChI=1S/C15H14BrNO3/c1-20-14-8-4-12(5-9-14)15(10-17(18)19)11-2-6-13(16)7-3-11/h2-9,15H,10H2,1H3/t15-/m1/s1. The summed E-state index contributed by atoms with van der Waals surface area (Å²) in [7, 11) is 1.60. The smallest absolute Gasteiger partial charge is 0.214 e. The van der Waals surface area contributed by atoms with Gasteiger partial charge in [0.1, 0.15) is 5.75 Å². The van der Waals surface area contributed by atoms with Gasteiger partial charge in [0, 0.05) is 9.40 Å². The molecule has 20 heavy (non-hydrogen) atoms. The lowest BCUT2D eigenvalue weighted by Gasteiger charge is -2.14. The van der Waals surface area contributed by atoms with Gasteiger partial charge in [0.15, 0.2) is 0 Å². The van der Waals surface area contributed by atoms with E-state index in [1.807, 2.05) is 48.5 Å². The van der Waals surface area contributed by atoms with Crippen LogP contribution in [0.3, 0.4) is 0 Å². The Morgan fingerprint density at radius 3 is 2.05 bits per heavy atom. The molecule has 0 fully saturated rings. The normalized spacial score (nSPS) is 11.9. The highest BCUT2D eigenvalue weighted by molar-refractivity contribution is 9.10. The average molecular weight is 336 g/mol. The van der Waals surface area contributed by atoms with Gasteiger partial charge in [-0.15, -0.1) is 0 Å². The Bertz CT molecular complexity index is 581. The molecule has 0 aliphatic carbocycles. The Morgan fingerprint density at radius 2 is 1.60 bits per heavy atom. The Kier molecular flexibility index (Phi) is 4.74. The molecule has 0 aliphatic rings. The van der Waals surface area contributed by atoms with Crippen LogP contribution in [-0.2, 0) is 0 Å². The van der Waals surface area contributed by atoms with Gasteiger partial charge >= 0.3 is 0 Å². The predicted molar refractivity (Wildman–Crippen MR) is 80.8 cm³/mol. The molecular formula is C15H14BrNO3. The number of nitrogens with zero attached hydrogens (tertiary/aromatic N) is 1. The number of ether oxygens (including phenoxy) is 1. The zero-order valence-electron chi connectivity index (χ0n) is 11.0. The van der Waals surface area contributed by atoms with Crippen LogP contribution in [0.25, 0.3) is 0 Å². The molecule has 0 aromatic heterocycles. The van der Waals surface area contributed by atoms with Crippen LogP contribution in [0.1, 0.15) is 17.0 Å². The van der Waals surface area contributed by atoms with Crippen molar-refractivity contribution in [3.05, 3.63) is 74.2 Å². The zero-order valence-corrected chi connectivity index (χ0v) is 12.5. The third kappa shape index (κ3) is 3.57. The third-order valence-electron chi connectivity index (χ3n) is 3.12. The molecule has 0 bridgehead atoms. The molecule has 0 aliphatic heterocycles. The van der Waals surface area contributed by atoms with E-state index in [0.29, 0.717) is 0 Å². The molecule has 0 saturated heterocycles. The van der Waals surface area contributed by atoms with Crippen molar-refractivity contribution in [2.24, 2.45) is 0 Å². The number of benzene rings is 2. The SMILES string of the molecule is COc1ccc([C@H](C[N+](=O)[O-])c2ccc(Br)cc2)cc1. The second-order valence-corrected chi connectivity index (χ2v) is 5.31. The molecule has 1 atom stereocenters. The minimum Gasteiger partial charge on any atom is -0.497 e. The van der Waals surface area contributed by atoms with E-state index in [9.17, 15) is 10.1 Å². The van der Waals surface area contributed by atoms with E-state index >= 15 is 0 Å². The summed E-state index contributed by atoms with van der Waals surface area (Å²) in [4.78, 5) is 10.6. The molecule has 0 saturated carbocycles. The number of methoxy groups -OCH3 is 1. The maximum absolute atomic E-state index is 10.9. The van der Waals surface area contributed by atoms with Crippen molar-refractivity contribution in [3.8, 4) is 5.75 Å². The van der Waals surface area contributed by atoms with Gasteiger partial charge in [0.2, 0.25) is 6.54 Å². The molecule has 2 aromatic carbocycles. The minimum absolute atomic E-state index is 0.131. The summed E-state index contributed by atoms with van der Waals surface area (Å²) in [5.41, 5.74) is 1.83. The Hall–Kier alpha value is -1.88. The van der Waals surface area contributed by atoms with Crippen molar-refractivity contribution in [2.75, 3.05) is 13.7 Å². The lowest BCUT2D eigenvalue weighted by molar-refractivity contribution is -0.481. The summed E-state index contributed by atoms with van der Waals surface area (Å²) in [6, 6.07) is 15.0. The largest absolute Gasteiger partial charge is 0.497 e. The second kappa shape index (κ2) is 6.52. The first-order valence-electron chi connectivity index (χ1n) is 6.11. The molecule has 2 rings (SSSR count). The fraction of sp³-hybridized carbons (Fsp3) is 0.200. The summed E-state index contributed by atoms with van der Waals surface area (Å²) < 4.78 is 6.07. The van der Waals surface area contributed by atoms with Gasteiger partial charge in [-0.05, 0) is 35.4 Å². The summed E-state index contributed by atoms with van der Waals surface area (Å²) in [5.74, 6) is 0.480. The molecule has 0 N–H and O–H groups in total. The van der Waals surface area contributed by atoms with E-state index < -0.39 is 0 Å². The lowest BCUT2D eigenvalue weighted by atomic mass is 9.91. The van der Waals surface area contributed by atoms with Crippen molar-refractivity contribution in [1.29, 1.82) is 0 Å². The van der Waals surface area contributed by atoms with Crippen LogP contribution >= 0.6 is 15.9 Å². The molecule has 0 amide bonds. The van der Waals surface area contributed by atoms with Crippen molar-refractivity contribution in [3.63, 3.8) is 0 Å². The van der Waals surface area contributed by atoms with Gasteiger partial charge in [-0.25, -0.2) is 0 Å². The van der Waals surface area contributed by atoms with Gasteiger partial charge in [0.25, 0.3) is 0 Å². The first-order chi connectivity index (χ1) is 9.60. The lowest BCUT2D eigenvalue weighted by Crippen LogP contribution is -2.13. The van der Waals surface area contributed by atoms with Crippen molar-refractivity contribution >= 4 is 15.9 Å². The zero-order chi connectivity index (χ0) is 14.5. The monoisotopic (exact) mass is 335 g/mol. The first-order valence-corrected chi connectivity index (χ1v) is 6.90. The summed E-state index contributed by atoms with van der Waals surface area (Å²) in [6.45, 7) is -0.131. The summed E-state index contributed by atoms with van der Waals surface area (Å²) in [5, 5.41) is 10.9. The van der Waals surface area contributed by atoms with E-state index in [1.165, 1.54) is 0 Å². The van der Waals surface area contributed by atoms with Crippen LogP contribution in [0.2, 0.25) is 0 Å².